The molecule has 2 rings (SSSR count). The van der Waals surface area contributed by atoms with Crippen LogP contribution >= 0.6 is 27.5 Å². The summed E-state index contributed by atoms with van der Waals surface area (Å²) in [5, 5.41) is 3.50. The van der Waals surface area contributed by atoms with Crippen LogP contribution in [0.5, 0.6) is 5.75 Å². The molecule has 7 heteroatoms. The first-order valence-corrected chi connectivity index (χ1v) is 10.2. The highest BCUT2D eigenvalue weighted by molar-refractivity contribution is 9.10. The zero-order valence-corrected chi connectivity index (χ0v) is 18.4. The van der Waals surface area contributed by atoms with Gasteiger partial charge in [-0.15, -0.1) is 0 Å². The van der Waals surface area contributed by atoms with E-state index in [1.54, 1.807) is 31.2 Å². The summed E-state index contributed by atoms with van der Waals surface area (Å²) in [6, 6.07) is 8.56. The molecule has 0 saturated carbocycles. The molecule has 5 nitrogen and oxygen atoms in total. The Bertz CT molecular complexity index is 870. The number of anilines is 1. The number of rotatable bonds is 8. The molecule has 1 amide bonds. The van der Waals surface area contributed by atoms with Crippen molar-refractivity contribution in [1.82, 2.24) is 0 Å². The molecule has 2 aromatic rings. The van der Waals surface area contributed by atoms with Gasteiger partial charge in [-0.1, -0.05) is 17.7 Å². The fourth-order valence-electron chi connectivity index (χ4n) is 2.58. The fourth-order valence-corrected chi connectivity index (χ4v) is 3.27. The maximum Gasteiger partial charge on any atom is 0.338 e. The predicted molar refractivity (Wildman–Crippen MR) is 114 cm³/mol. The third-order valence-corrected chi connectivity index (χ3v) is 5.60. The van der Waals surface area contributed by atoms with Gasteiger partial charge in [-0.05, 0) is 78.5 Å². The van der Waals surface area contributed by atoms with Crippen LogP contribution in [0.4, 0.5) is 5.69 Å². The molecule has 0 aliphatic heterocycles. The Morgan fingerprint density at radius 3 is 2.68 bits per heavy atom. The van der Waals surface area contributed by atoms with Crippen LogP contribution in [0, 0.1) is 13.8 Å². The number of carbonyl (C=O) groups is 2. The molecule has 150 valence electrons. The Balaban J connectivity index is 1.84. The van der Waals surface area contributed by atoms with E-state index in [1.807, 2.05) is 19.9 Å². The van der Waals surface area contributed by atoms with E-state index in [0.717, 1.165) is 15.6 Å². The second kappa shape index (κ2) is 10.5. The quantitative estimate of drug-likeness (QED) is 0.399. The minimum Gasteiger partial charge on any atom is -0.492 e. The Kier molecular flexibility index (Phi) is 8.33. The molecule has 2 aromatic carbocycles. The minimum absolute atomic E-state index is 0.146. The Morgan fingerprint density at radius 1 is 1.21 bits per heavy atom. The summed E-state index contributed by atoms with van der Waals surface area (Å²) < 4.78 is 11.6. The molecular formula is C21H23BrClNO4. The predicted octanol–water partition coefficient (Wildman–Crippen LogP) is 5.69. The van der Waals surface area contributed by atoms with Crippen molar-refractivity contribution in [1.29, 1.82) is 0 Å². The summed E-state index contributed by atoms with van der Waals surface area (Å²) in [5.41, 5.74) is 2.83. The molecule has 0 spiro atoms. The number of aryl methyl sites for hydroxylation is 1. The number of amides is 1. The van der Waals surface area contributed by atoms with E-state index in [2.05, 4.69) is 21.2 Å². The van der Waals surface area contributed by atoms with Gasteiger partial charge in [0.2, 0.25) is 5.91 Å². The van der Waals surface area contributed by atoms with E-state index in [4.69, 9.17) is 21.1 Å². The van der Waals surface area contributed by atoms with E-state index < -0.39 is 5.97 Å². The van der Waals surface area contributed by atoms with Crippen LogP contribution in [0.1, 0.15) is 41.3 Å². The molecule has 0 aliphatic rings. The topological polar surface area (TPSA) is 64.6 Å². The highest BCUT2D eigenvalue weighted by atomic mass is 79.9. The molecule has 0 bridgehead atoms. The lowest BCUT2D eigenvalue weighted by molar-refractivity contribution is -0.116. The summed E-state index contributed by atoms with van der Waals surface area (Å²) in [6.07, 6.45) is 0.851. The van der Waals surface area contributed by atoms with Gasteiger partial charge < -0.3 is 14.8 Å². The van der Waals surface area contributed by atoms with Crippen LogP contribution in [0.3, 0.4) is 0 Å². The van der Waals surface area contributed by atoms with Crippen LogP contribution in [0.15, 0.2) is 34.8 Å². The van der Waals surface area contributed by atoms with Crippen LogP contribution < -0.4 is 10.1 Å². The van der Waals surface area contributed by atoms with Gasteiger partial charge in [-0.25, -0.2) is 4.79 Å². The van der Waals surface area contributed by atoms with Crippen molar-refractivity contribution >= 4 is 45.1 Å². The SMILES string of the molecule is CCOC(=O)c1cccc(NC(=O)CCCOc2cc(C)c(Cl)c(C)c2Br)c1. The average Bonchev–Trinajstić information content (AvgIpc) is 2.67. The number of esters is 1. The smallest absolute Gasteiger partial charge is 0.338 e. The van der Waals surface area contributed by atoms with E-state index >= 15 is 0 Å². The van der Waals surface area contributed by atoms with Crippen molar-refractivity contribution in [2.45, 2.75) is 33.6 Å². The van der Waals surface area contributed by atoms with Gasteiger partial charge in [0.05, 0.1) is 23.2 Å². The highest BCUT2D eigenvalue weighted by Gasteiger charge is 2.12. The first kappa shape index (κ1) is 22.2. The highest BCUT2D eigenvalue weighted by Crippen LogP contribution is 2.35. The molecule has 28 heavy (non-hydrogen) atoms. The Hall–Kier alpha value is -2.05. The van der Waals surface area contributed by atoms with Crippen molar-refractivity contribution in [3.05, 3.63) is 56.5 Å². The van der Waals surface area contributed by atoms with Gasteiger partial charge >= 0.3 is 5.97 Å². The van der Waals surface area contributed by atoms with Crippen LogP contribution in [0.25, 0.3) is 0 Å². The molecule has 0 unspecified atom stereocenters. The van der Waals surface area contributed by atoms with Crippen LogP contribution in [0.2, 0.25) is 5.02 Å². The lowest BCUT2D eigenvalue weighted by Gasteiger charge is -2.13. The fraction of sp³-hybridized carbons (Fsp3) is 0.333. The molecule has 0 heterocycles. The number of benzene rings is 2. The number of hydrogen-bond donors (Lipinski definition) is 1. The monoisotopic (exact) mass is 467 g/mol. The lowest BCUT2D eigenvalue weighted by Crippen LogP contribution is -2.13. The average molecular weight is 469 g/mol. The summed E-state index contributed by atoms with van der Waals surface area (Å²) in [4.78, 5) is 23.9. The van der Waals surface area contributed by atoms with Crippen molar-refractivity contribution < 1.29 is 19.1 Å². The van der Waals surface area contributed by atoms with E-state index in [0.29, 0.717) is 48.1 Å². The normalized spacial score (nSPS) is 10.5. The molecule has 1 N–H and O–H groups in total. The van der Waals surface area contributed by atoms with Crippen molar-refractivity contribution in [2.24, 2.45) is 0 Å². The van der Waals surface area contributed by atoms with Gasteiger partial charge in [0.1, 0.15) is 5.75 Å². The Labute approximate surface area is 178 Å². The minimum atomic E-state index is -0.411. The van der Waals surface area contributed by atoms with Crippen LogP contribution in [-0.2, 0) is 9.53 Å². The molecule has 0 fully saturated rings. The molecule has 0 aromatic heterocycles. The lowest BCUT2D eigenvalue weighted by atomic mass is 10.1. The molecular weight excluding hydrogens is 446 g/mol. The first-order valence-electron chi connectivity index (χ1n) is 8.98. The maximum atomic E-state index is 12.1. The van der Waals surface area contributed by atoms with Gasteiger partial charge in [0.25, 0.3) is 0 Å². The number of hydrogen-bond acceptors (Lipinski definition) is 4. The zero-order valence-electron chi connectivity index (χ0n) is 16.1. The maximum absolute atomic E-state index is 12.1. The summed E-state index contributed by atoms with van der Waals surface area (Å²) in [5.74, 6) is 0.153. The van der Waals surface area contributed by atoms with Crippen molar-refractivity contribution in [2.75, 3.05) is 18.5 Å². The summed E-state index contributed by atoms with van der Waals surface area (Å²) >= 11 is 9.71. The number of nitrogens with one attached hydrogen (secondary N) is 1. The summed E-state index contributed by atoms with van der Waals surface area (Å²) in [7, 11) is 0. The van der Waals surface area contributed by atoms with E-state index in [9.17, 15) is 9.59 Å². The second-order valence-electron chi connectivity index (χ2n) is 6.25. The first-order chi connectivity index (χ1) is 13.3. The largest absolute Gasteiger partial charge is 0.492 e. The second-order valence-corrected chi connectivity index (χ2v) is 7.42. The van der Waals surface area contributed by atoms with Crippen molar-refractivity contribution in [3.63, 3.8) is 0 Å². The molecule has 0 aliphatic carbocycles. The number of halogens is 2. The summed E-state index contributed by atoms with van der Waals surface area (Å²) in [6.45, 7) is 6.29. The van der Waals surface area contributed by atoms with Gasteiger partial charge in [-0.3, -0.25) is 4.79 Å². The van der Waals surface area contributed by atoms with Gasteiger partial charge in [0.15, 0.2) is 0 Å². The van der Waals surface area contributed by atoms with Crippen LogP contribution in [-0.4, -0.2) is 25.1 Å². The van der Waals surface area contributed by atoms with E-state index in [-0.39, 0.29) is 5.91 Å². The van der Waals surface area contributed by atoms with Gasteiger partial charge in [0, 0.05) is 17.1 Å². The third-order valence-electron chi connectivity index (χ3n) is 4.03. The molecule has 0 saturated heterocycles. The van der Waals surface area contributed by atoms with Gasteiger partial charge in [-0.2, -0.15) is 0 Å². The van der Waals surface area contributed by atoms with E-state index in [1.165, 1.54) is 0 Å². The Morgan fingerprint density at radius 2 is 1.96 bits per heavy atom. The van der Waals surface area contributed by atoms with Crippen molar-refractivity contribution in [3.8, 4) is 5.75 Å². The molecule has 0 atom stereocenters. The number of carbonyl (C=O) groups excluding carboxylic acids is 2. The zero-order chi connectivity index (χ0) is 20.7. The molecule has 0 radical (unpaired) electrons. The number of ether oxygens (including phenoxy) is 2. The standard InChI is InChI=1S/C21H23BrClNO4/c1-4-27-21(26)15-7-5-8-16(12-15)24-18(25)9-6-10-28-17-11-13(2)20(23)14(3)19(17)22/h5,7-8,11-12H,4,6,9-10H2,1-3H3,(H,24,25). The third kappa shape index (κ3) is 5.97.